The van der Waals surface area contributed by atoms with Gasteiger partial charge in [-0.05, 0) is 34.7 Å². The van der Waals surface area contributed by atoms with Crippen LogP contribution in [0.15, 0.2) is 24.3 Å². The zero-order chi connectivity index (χ0) is 17.2. The summed E-state index contributed by atoms with van der Waals surface area (Å²) < 4.78 is 78.9. The second-order valence-corrected chi connectivity index (χ2v) is 7.29. The van der Waals surface area contributed by atoms with Crippen LogP contribution in [0.25, 0.3) is 20.2 Å². The van der Waals surface area contributed by atoms with Gasteiger partial charge < -0.3 is 0 Å². The highest BCUT2D eigenvalue weighted by molar-refractivity contribution is 14.1. The number of fused-ring (bicyclic) bond motifs is 3. The van der Waals surface area contributed by atoms with Crippen molar-refractivity contribution in [3.8, 4) is 0 Å². The minimum atomic E-state index is -4.75. The van der Waals surface area contributed by atoms with Crippen molar-refractivity contribution in [2.75, 3.05) is 0 Å². The van der Waals surface area contributed by atoms with Gasteiger partial charge in [-0.2, -0.15) is 26.3 Å². The molecule has 0 spiro atoms. The van der Waals surface area contributed by atoms with E-state index in [1.807, 2.05) is 0 Å². The first kappa shape index (κ1) is 17.1. The van der Waals surface area contributed by atoms with Crippen molar-refractivity contribution in [1.29, 1.82) is 0 Å². The molecule has 122 valence electrons. The summed E-state index contributed by atoms with van der Waals surface area (Å²) >= 11 is 7.64. The Kier molecular flexibility index (Phi) is 4.00. The van der Waals surface area contributed by atoms with E-state index < -0.39 is 28.5 Å². The maximum Gasteiger partial charge on any atom is 0.419 e. The van der Waals surface area contributed by atoms with Crippen LogP contribution >= 0.6 is 45.5 Å². The van der Waals surface area contributed by atoms with Gasteiger partial charge in [0.05, 0.1) is 16.1 Å². The molecule has 0 amide bonds. The Labute approximate surface area is 148 Å². The van der Waals surface area contributed by atoms with Crippen LogP contribution in [0.2, 0.25) is 5.02 Å². The number of benzene rings is 2. The summed E-state index contributed by atoms with van der Waals surface area (Å²) in [5.41, 5.74) is -2.01. The summed E-state index contributed by atoms with van der Waals surface area (Å²) in [6.45, 7) is 0. The van der Waals surface area contributed by atoms with Crippen molar-refractivity contribution in [2.24, 2.45) is 0 Å². The Morgan fingerprint density at radius 2 is 1.26 bits per heavy atom. The largest absolute Gasteiger partial charge is 0.419 e. The van der Waals surface area contributed by atoms with Crippen LogP contribution in [-0.4, -0.2) is 0 Å². The van der Waals surface area contributed by atoms with Crippen LogP contribution in [0.4, 0.5) is 26.3 Å². The molecule has 3 aromatic rings. The van der Waals surface area contributed by atoms with Gasteiger partial charge in [0, 0.05) is 23.7 Å². The van der Waals surface area contributed by atoms with E-state index in [4.69, 9.17) is 11.6 Å². The molecule has 0 aliphatic heterocycles. The van der Waals surface area contributed by atoms with Crippen LogP contribution in [0, 0.1) is 3.57 Å². The molecule has 9 heteroatoms. The van der Waals surface area contributed by atoms with E-state index in [0.717, 1.165) is 6.07 Å². The van der Waals surface area contributed by atoms with Crippen molar-refractivity contribution < 1.29 is 26.3 Å². The Balaban J connectivity index is 2.54. The average Bonchev–Trinajstić information content (AvgIpc) is 2.72. The van der Waals surface area contributed by atoms with Gasteiger partial charge in [-0.3, -0.25) is 0 Å². The Morgan fingerprint density at radius 1 is 0.783 bits per heavy atom. The van der Waals surface area contributed by atoms with Gasteiger partial charge in [0.25, 0.3) is 0 Å². The molecular weight excluding hydrogens is 477 g/mol. The van der Waals surface area contributed by atoms with Crippen LogP contribution in [-0.2, 0) is 12.4 Å². The summed E-state index contributed by atoms with van der Waals surface area (Å²) in [6, 6.07) is 5.03. The van der Waals surface area contributed by atoms with Crippen LogP contribution in [0.3, 0.4) is 0 Å². The standard InChI is InChI=1S/C14H4ClF6IS/c15-7-3-1-5-6-2-4-8(22)10(14(19,20)21)12(6)23-11(5)9(7)13(16,17)18/h1-4H. The molecule has 0 bridgehead atoms. The lowest BCUT2D eigenvalue weighted by Gasteiger charge is -2.09. The number of halogens is 8. The predicted molar refractivity (Wildman–Crippen MR) is 87.1 cm³/mol. The topological polar surface area (TPSA) is 0 Å². The van der Waals surface area contributed by atoms with Crippen molar-refractivity contribution >= 4 is 65.7 Å². The third kappa shape index (κ3) is 2.78. The smallest absolute Gasteiger partial charge is 0.166 e. The summed E-state index contributed by atoms with van der Waals surface area (Å²) in [4.78, 5) is 0. The second-order valence-electron chi connectivity index (χ2n) is 4.70. The lowest BCUT2D eigenvalue weighted by Crippen LogP contribution is -2.07. The zero-order valence-electron chi connectivity index (χ0n) is 10.7. The Morgan fingerprint density at radius 3 is 1.78 bits per heavy atom. The average molecular weight is 481 g/mol. The molecule has 0 aliphatic rings. The van der Waals surface area contributed by atoms with Gasteiger partial charge >= 0.3 is 12.4 Å². The minimum Gasteiger partial charge on any atom is -0.166 e. The molecule has 0 nitrogen and oxygen atoms in total. The fourth-order valence-electron chi connectivity index (χ4n) is 2.38. The predicted octanol–water partition coefficient (Wildman–Crippen LogP) is 7.35. The first-order chi connectivity index (χ1) is 10.5. The Bertz CT molecular complexity index is 851. The number of rotatable bonds is 0. The highest BCUT2D eigenvalue weighted by atomic mass is 127. The molecule has 2 aromatic carbocycles. The molecule has 0 atom stereocenters. The molecule has 0 aliphatic carbocycles. The van der Waals surface area contributed by atoms with Crippen molar-refractivity contribution in [2.45, 2.75) is 12.4 Å². The third-order valence-electron chi connectivity index (χ3n) is 3.27. The van der Waals surface area contributed by atoms with E-state index in [0.29, 0.717) is 11.3 Å². The number of hydrogen-bond acceptors (Lipinski definition) is 1. The number of alkyl halides is 6. The molecule has 1 heterocycles. The van der Waals surface area contributed by atoms with Gasteiger partial charge in [-0.25, -0.2) is 0 Å². The molecule has 0 fully saturated rings. The summed E-state index contributed by atoms with van der Waals surface area (Å²) in [5, 5.41) is -0.275. The van der Waals surface area contributed by atoms with E-state index in [1.54, 1.807) is 0 Å². The van der Waals surface area contributed by atoms with Gasteiger partial charge in [-0.15, -0.1) is 11.3 Å². The summed E-state index contributed by atoms with van der Waals surface area (Å²) in [5.74, 6) is 0. The van der Waals surface area contributed by atoms with Crippen molar-refractivity contribution in [1.82, 2.24) is 0 Å². The quantitative estimate of drug-likeness (QED) is 0.233. The maximum absolute atomic E-state index is 13.3. The number of hydrogen-bond donors (Lipinski definition) is 0. The number of thiophene rings is 1. The van der Waals surface area contributed by atoms with Gasteiger partial charge in [-0.1, -0.05) is 23.7 Å². The summed E-state index contributed by atoms with van der Waals surface area (Å²) in [6.07, 6.45) is -9.40. The molecule has 0 radical (unpaired) electrons. The SMILES string of the molecule is FC(F)(F)c1c(Cl)ccc2c1sc1c(C(F)(F)F)c(I)ccc12. The van der Waals surface area contributed by atoms with E-state index in [2.05, 4.69) is 0 Å². The maximum atomic E-state index is 13.3. The van der Waals surface area contributed by atoms with Gasteiger partial charge in [0.15, 0.2) is 0 Å². The first-order valence-electron chi connectivity index (χ1n) is 5.99. The van der Waals surface area contributed by atoms with E-state index in [1.165, 1.54) is 40.8 Å². The monoisotopic (exact) mass is 480 g/mol. The molecule has 0 N–H and O–H groups in total. The first-order valence-corrected chi connectivity index (χ1v) is 8.26. The van der Waals surface area contributed by atoms with Gasteiger partial charge in [0.1, 0.15) is 0 Å². The molecule has 0 unspecified atom stereocenters. The third-order valence-corrected chi connectivity index (χ3v) is 5.75. The molecule has 1 aromatic heterocycles. The van der Waals surface area contributed by atoms with Crippen LogP contribution in [0.5, 0.6) is 0 Å². The van der Waals surface area contributed by atoms with Crippen LogP contribution in [0.1, 0.15) is 11.1 Å². The Hall–Kier alpha value is -0.740. The fraction of sp³-hybridized carbons (Fsp3) is 0.143. The van der Waals surface area contributed by atoms with Crippen molar-refractivity contribution in [3.05, 3.63) is 44.0 Å². The van der Waals surface area contributed by atoms with Crippen molar-refractivity contribution in [3.63, 3.8) is 0 Å². The van der Waals surface area contributed by atoms with E-state index in [-0.39, 0.29) is 23.7 Å². The van der Waals surface area contributed by atoms with Gasteiger partial charge in [0.2, 0.25) is 0 Å². The van der Waals surface area contributed by atoms with E-state index in [9.17, 15) is 26.3 Å². The molecular formula is C14H4ClF6IS. The summed E-state index contributed by atoms with van der Waals surface area (Å²) in [7, 11) is 0. The molecule has 23 heavy (non-hydrogen) atoms. The highest BCUT2D eigenvalue weighted by Crippen LogP contribution is 2.49. The lowest BCUT2D eigenvalue weighted by molar-refractivity contribution is -0.137. The zero-order valence-corrected chi connectivity index (χ0v) is 14.5. The molecule has 0 saturated carbocycles. The molecule has 3 rings (SSSR count). The molecule has 0 saturated heterocycles. The highest BCUT2D eigenvalue weighted by Gasteiger charge is 2.39. The van der Waals surface area contributed by atoms with E-state index >= 15 is 0 Å². The lowest BCUT2D eigenvalue weighted by atomic mass is 10.1. The van der Waals surface area contributed by atoms with Crippen LogP contribution < -0.4 is 0 Å². The fourth-order valence-corrected chi connectivity index (χ4v) is 5.08. The minimum absolute atomic E-state index is 0.0613. The normalized spacial score (nSPS) is 13.2. The second kappa shape index (κ2) is 5.38.